The van der Waals surface area contributed by atoms with Crippen LogP contribution in [0.25, 0.3) is 0 Å². The lowest BCUT2D eigenvalue weighted by molar-refractivity contribution is 0.102. The number of nitrogens with one attached hydrogen (secondary N) is 1. The topological polar surface area (TPSA) is 115 Å². The maximum atomic E-state index is 12.0. The monoisotopic (exact) mass is 370 g/mol. The molecular formula is C12H11BrN4O3S. The minimum Gasteiger partial charge on any atom is -0.320 e. The fourth-order valence-corrected chi connectivity index (χ4v) is 3.05. The van der Waals surface area contributed by atoms with E-state index in [0.717, 1.165) is 0 Å². The fourth-order valence-electron chi connectivity index (χ4n) is 1.67. The summed E-state index contributed by atoms with van der Waals surface area (Å²) >= 11 is 3.20. The molecule has 1 aromatic carbocycles. The van der Waals surface area contributed by atoms with Gasteiger partial charge in [0.2, 0.25) is 10.0 Å². The molecule has 1 heterocycles. The number of aryl methyl sites for hydroxylation is 1. The van der Waals surface area contributed by atoms with Gasteiger partial charge >= 0.3 is 0 Å². The molecule has 0 bridgehead atoms. The van der Waals surface area contributed by atoms with E-state index in [0.29, 0.717) is 15.7 Å². The molecule has 1 aromatic heterocycles. The van der Waals surface area contributed by atoms with E-state index in [-0.39, 0.29) is 10.6 Å². The van der Waals surface area contributed by atoms with Gasteiger partial charge in [0.1, 0.15) is 5.69 Å². The van der Waals surface area contributed by atoms with Crippen LogP contribution in [0.3, 0.4) is 0 Å². The molecule has 0 aliphatic heterocycles. The molecule has 0 aliphatic carbocycles. The van der Waals surface area contributed by atoms with Crippen molar-refractivity contribution < 1.29 is 13.2 Å². The molecule has 110 valence electrons. The number of primary sulfonamides is 1. The first-order chi connectivity index (χ1) is 9.79. The smallest absolute Gasteiger partial charge is 0.275 e. The first-order valence-electron chi connectivity index (χ1n) is 5.69. The predicted octanol–water partition coefficient (Wildman–Crippen LogP) is 1.45. The van der Waals surface area contributed by atoms with Crippen molar-refractivity contribution >= 4 is 37.5 Å². The van der Waals surface area contributed by atoms with Crippen molar-refractivity contribution in [2.75, 3.05) is 5.32 Å². The Morgan fingerprint density at radius 2 is 2.05 bits per heavy atom. The molecule has 21 heavy (non-hydrogen) atoms. The molecule has 0 atom stereocenters. The standard InChI is InChI=1S/C12H11BrN4O3S/c1-7-4-9(8(13)5-11(7)21(14,19)20)17-12(18)10-6-15-2-3-16-10/h2-6H,1H3,(H,17,18)(H2,14,19,20). The summed E-state index contributed by atoms with van der Waals surface area (Å²) in [6.45, 7) is 1.59. The summed E-state index contributed by atoms with van der Waals surface area (Å²) in [5.74, 6) is -0.452. The molecule has 3 N–H and O–H groups in total. The van der Waals surface area contributed by atoms with Crippen molar-refractivity contribution in [1.29, 1.82) is 0 Å². The number of aromatic nitrogens is 2. The average Bonchev–Trinajstić information content (AvgIpc) is 2.42. The van der Waals surface area contributed by atoms with Crippen molar-refractivity contribution in [3.63, 3.8) is 0 Å². The number of halogens is 1. The van der Waals surface area contributed by atoms with Gasteiger partial charge < -0.3 is 5.32 Å². The van der Waals surface area contributed by atoms with Gasteiger partial charge in [-0.1, -0.05) is 0 Å². The molecule has 0 radical (unpaired) electrons. The molecule has 0 saturated heterocycles. The average molecular weight is 371 g/mol. The highest BCUT2D eigenvalue weighted by Crippen LogP contribution is 2.28. The second-order valence-corrected chi connectivity index (χ2v) is 6.57. The Morgan fingerprint density at radius 1 is 1.33 bits per heavy atom. The van der Waals surface area contributed by atoms with Crippen LogP contribution in [0.1, 0.15) is 16.1 Å². The van der Waals surface area contributed by atoms with E-state index >= 15 is 0 Å². The van der Waals surface area contributed by atoms with E-state index in [2.05, 4.69) is 31.2 Å². The third-order valence-electron chi connectivity index (χ3n) is 2.62. The second-order valence-electron chi connectivity index (χ2n) is 4.19. The highest BCUT2D eigenvalue weighted by molar-refractivity contribution is 9.10. The molecule has 0 fully saturated rings. The lowest BCUT2D eigenvalue weighted by Crippen LogP contribution is -2.16. The number of carbonyl (C=O) groups is 1. The molecule has 0 unspecified atom stereocenters. The van der Waals surface area contributed by atoms with Gasteiger partial charge in [-0.3, -0.25) is 9.78 Å². The Kier molecular flexibility index (Phi) is 4.35. The Hall–Kier alpha value is -1.84. The number of rotatable bonds is 3. The number of hydrogen-bond acceptors (Lipinski definition) is 5. The lowest BCUT2D eigenvalue weighted by Gasteiger charge is -2.11. The number of sulfonamides is 1. The van der Waals surface area contributed by atoms with Crippen LogP contribution in [0.4, 0.5) is 5.69 Å². The molecule has 1 amide bonds. The number of nitrogens with two attached hydrogens (primary N) is 1. The molecule has 2 rings (SSSR count). The van der Waals surface area contributed by atoms with Gasteiger partial charge in [0, 0.05) is 16.9 Å². The maximum absolute atomic E-state index is 12.0. The van der Waals surface area contributed by atoms with Crippen molar-refractivity contribution in [3.8, 4) is 0 Å². The van der Waals surface area contributed by atoms with E-state index in [1.807, 2.05) is 0 Å². The van der Waals surface area contributed by atoms with Crippen LogP contribution in [0, 0.1) is 6.92 Å². The first-order valence-corrected chi connectivity index (χ1v) is 8.03. The van der Waals surface area contributed by atoms with Crippen LogP contribution < -0.4 is 10.5 Å². The van der Waals surface area contributed by atoms with E-state index in [9.17, 15) is 13.2 Å². The molecule has 0 aliphatic rings. The Bertz CT molecular complexity index is 794. The third kappa shape index (κ3) is 3.63. The zero-order chi connectivity index (χ0) is 15.6. The highest BCUT2D eigenvalue weighted by atomic mass is 79.9. The first kappa shape index (κ1) is 15.5. The van der Waals surface area contributed by atoms with Gasteiger partial charge in [0.05, 0.1) is 16.8 Å². The molecule has 0 saturated carbocycles. The maximum Gasteiger partial charge on any atom is 0.275 e. The van der Waals surface area contributed by atoms with E-state index in [4.69, 9.17) is 5.14 Å². The summed E-state index contributed by atoms with van der Waals surface area (Å²) in [7, 11) is -3.82. The van der Waals surface area contributed by atoms with Crippen LogP contribution in [-0.4, -0.2) is 24.3 Å². The number of hydrogen-bond donors (Lipinski definition) is 2. The van der Waals surface area contributed by atoms with Crippen LogP contribution >= 0.6 is 15.9 Å². The van der Waals surface area contributed by atoms with Gasteiger partial charge in [-0.05, 0) is 40.5 Å². The van der Waals surface area contributed by atoms with Crippen LogP contribution in [0.5, 0.6) is 0 Å². The van der Waals surface area contributed by atoms with Gasteiger partial charge in [0.25, 0.3) is 5.91 Å². The highest BCUT2D eigenvalue weighted by Gasteiger charge is 2.16. The van der Waals surface area contributed by atoms with E-state index in [1.165, 1.54) is 30.7 Å². The van der Waals surface area contributed by atoms with Crippen molar-refractivity contribution in [2.24, 2.45) is 5.14 Å². The van der Waals surface area contributed by atoms with Gasteiger partial charge in [-0.2, -0.15) is 0 Å². The molecule has 2 aromatic rings. The summed E-state index contributed by atoms with van der Waals surface area (Å²) in [5.41, 5.74) is 0.989. The summed E-state index contributed by atoms with van der Waals surface area (Å²) in [6, 6.07) is 2.86. The van der Waals surface area contributed by atoms with Gasteiger partial charge in [-0.25, -0.2) is 18.5 Å². The Labute approximate surface area is 129 Å². The summed E-state index contributed by atoms with van der Waals surface area (Å²) in [5, 5.41) is 7.74. The van der Waals surface area contributed by atoms with Crippen molar-refractivity contribution in [3.05, 3.63) is 46.5 Å². The quantitative estimate of drug-likeness (QED) is 0.847. The third-order valence-corrected chi connectivity index (χ3v) is 4.32. The summed E-state index contributed by atoms with van der Waals surface area (Å²) in [4.78, 5) is 19.7. The van der Waals surface area contributed by atoms with E-state index in [1.54, 1.807) is 6.92 Å². The second kappa shape index (κ2) is 5.88. The van der Waals surface area contributed by atoms with E-state index < -0.39 is 15.9 Å². The zero-order valence-corrected chi connectivity index (χ0v) is 13.3. The van der Waals surface area contributed by atoms with Crippen LogP contribution in [-0.2, 0) is 10.0 Å². The molecule has 9 heteroatoms. The number of carbonyl (C=O) groups excluding carboxylic acids is 1. The van der Waals surface area contributed by atoms with Gasteiger partial charge in [0.15, 0.2) is 0 Å². The van der Waals surface area contributed by atoms with Crippen LogP contribution in [0.2, 0.25) is 0 Å². The Morgan fingerprint density at radius 3 is 2.62 bits per heavy atom. The number of nitrogens with zero attached hydrogens (tertiary/aromatic N) is 2. The van der Waals surface area contributed by atoms with Crippen LogP contribution in [0.15, 0.2) is 40.1 Å². The number of anilines is 1. The predicted molar refractivity (Wildman–Crippen MR) is 80.2 cm³/mol. The zero-order valence-electron chi connectivity index (χ0n) is 10.9. The summed E-state index contributed by atoms with van der Waals surface area (Å²) < 4.78 is 23.2. The SMILES string of the molecule is Cc1cc(NC(=O)c2cnccn2)c(Br)cc1S(N)(=O)=O. The van der Waals surface area contributed by atoms with Crippen molar-refractivity contribution in [2.45, 2.75) is 11.8 Å². The molecular weight excluding hydrogens is 360 g/mol. The minimum absolute atomic E-state index is 0.00752. The molecule has 0 spiro atoms. The Balaban J connectivity index is 2.34. The summed E-state index contributed by atoms with van der Waals surface area (Å²) in [6.07, 6.45) is 4.19. The molecule has 7 nitrogen and oxygen atoms in total. The normalized spacial score (nSPS) is 11.2. The van der Waals surface area contributed by atoms with Gasteiger partial charge in [-0.15, -0.1) is 0 Å². The largest absolute Gasteiger partial charge is 0.320 e. The van der Waals surface area contributed by atoms with Crippen molar-refractivity contribution in [1.82, 2.24) is 9.97 Å². The fraction of sp³-hybridized carbons (Fsp3) is 0.0833. The number of amides is 1. The lowest BCUT2D eigenvalue weighted by atomic mass is 10.2. The number of benzene rings is 1. The minimum atomic E-state index is -3.82.